The molecule has 0 fully saturated rings. The van der Waals surface area contributed by atoms with Gasteiger partial charge in [-0.25, -0.2) is 4.39 Å². The summed E-state index contributed by atoms with van der Waals surface area (Å²) in [7, 11) is 0. The molecule has 0 aliphatic carbocycles. The van der Waals surface area contributed by atoms with Crippen LogP contribution in [0.4, 0.5) is 4.39 Å². The van der Waals surface area contributed by atoms with Crippen molar-refractivity contribution >= 4 is 5.78 Å². The minimum Gasteiger partial charge on any atom is -0.289 e. The minimum atomic E-state index is -0.384. The average molecular weight is 270 g/mol. The Morgan fingerprint density at radius 3 is 2.15 bits per heavy atom. The van der Waals surface area contributed by atoms with Gasteiger partial charge in [-0.1, -0.05) is 51.1 Å². The number of carbonyl (C=O) groups is 1. The maximum absolute atomic E-state index is 13.3. The van der Waals surface area contributed by atoms with Gasteiger partial charge in [-0.3, -0.25) is 4.79 Å². The number of ketones is 1. The number of hydrogen-bond acceptors (Lipinski definition) is 1. The molecule has 20 heavy (non-hydrogen) atoms. The van der Waals surface area contributed by atoms with Crippen LogP contribution in [0.15, 0.2) is 42.5 Å². The van der Waals surface area contributed by atoms with Gasteiger partial charge in [0.25, 0.3) is 0 Å². The van der Waals surface area contributed by atoms with E-state index in [1.54, 1.807) is 6.07 Å². The van der Waals surface area contributed by atoms with Gasteiger partial charge in [0.1, 0.15) is 5.82 Å². The second-order valence-electron chi connectivity index (χ2n) is 6.12. The number of benzene rings is 2. The Morgan fingerprint density at radius 2 is 1.60 bits per heavy atom. The molecule has 0 bridgehead atoms. The maximum atomic E-state index is 13.3. The molecule has 0 unspecified atom stereocenters. The second-order valence-corrected chi connectivity index (χ2v) is 6.12. The molecule has 2 aromatic rings. The highest BCUT2D eigenvalue weighted by Crippen LogP contribution is 2.23. The van der Waals surface area contributed by atoms with Gasteiger partial charge in [0.05, 0.1) is 0 Å². The Bertz CT molecular complexity index is 633. The third kappa shape index (κ3) is 2.96. The van der Waals surface area contributed by atoms with E-state index in [0.29, 0.717) is 11.1 Å². The minimum absolute atomic E-state index is 0.0519. The first-order chi connectivity index (χ1) is 9.29. The Kier molecular flexibility index (Phi) is 3.76. The molecule has 0 aromatic heterocycles. The van der Waals surface area contributed by atoms with Crippen LogP contribution >= 0.6 is 0 Å². The first-order valence-electron chi connectivity index (χ1n) is 6.70. The topological polar surface area (TPSA) is 17.1 Å². The molecule has 0 spiro atoms. The summed E-state index contributed by atoms with van der Waals surface area (Å²) in [5, 5.41) is 0. The van der Waals surface area contributed by atoms with E-state index in [2.05, 4.69) is 20.8 Å². The smallest absolute Gasteiger partial charge is 0.193 e. The predicted molar refractivity (Wildman–Crippen MR) is 79.7 cm³/mol. The van der Waals surface area contributed by atoms with Crippen molar-refractivity contribution < 1.29 is 9.18 Å². The van der Waals surface area contributed by atoms with Crippen molar-refractivity contribution in [2.75, 3.05) is 0 Å². The van der Waals surface area contributed by atoms with Crippen molar-refractivity contribution in [2.45, 2.75) is 33.1 Å². The first kappa shape index (κ1) is 14.4. The highest BCUT2D eigenvalue weighted by Gasteiger charge is 2.16. The molecule has 2 rings (SSSR count). The molecule has 0 saturated carbocycles. The van der Waals surface area contributed by atoms with E-state index in [4.69, 9.17) is 0 Å². The lowest BCUT2D eigenvalue weighted by Gasteiger charge is -2.19. The first-order valence-corrected chi connectivity index (χ1v) is 6.70. The molecule has 0 atom stereocenters. The maximum Gasteiger partial charge on any atom is 0.193 e. The van der Waals surface area contributed by atoms with E-state index in [1.165, 1.54) is 17.7 Å². The van der Waals surface area contributed by atoms with Crippen LogP contribution in [-0.4, -0.2) is 5.78 Å². The van der Waals surface area contributed by atoms with Crippen molar-refractivity contribution in [3.8, 4) is 0 Å². The standard InChI is InChI=1S/C18H19FO/c1-12-5-10-15(19)11-16(12)17(20)13-6-8-14(9-7-13)18(2,3)4/h5-11H,1-4H3. The predicted octanol–water partition coefficient (Wildman–Crippen LogP) is 4.66. The van der Waals surface area contributed by atoms with Crippen molar-refractivity contribution in [3.63, 3.8) is 0 Å². The van der Waals surface area contributed by atoms with Crippen LogP contribution < -0.4 is 0 Å². The fraction of sp³-hybridized carbons (Fsp3) is 0.278. The molecule has 0 radical (unpaired) electrons. The van der Waals surface area contributed by atoms with Gasteiger partial charge in [0.15, 0.2) is 5.78 Å². The molecule has 0 heterocycles. The van der Waals surface area contributed by atoms with E-state index in [9.17, 15) is 9.18 Å². The quantitative estimate of drug-likeness (QED) is 0.725. The van der Waals surface area contributed by atoms with Gasteiger partial charge in [0.2, 0.25) is 0 Å². The van der Waals surface area contributed by atoms with Crippen molar-refractivity contribution in [1.82, 2.24) is 0 Å². The molecule has 0 N–H and O–H groups in total. The zero-order valence-corrected chi connectivity index (χ0v) is 12.3. The zero-order valence-electron chi connectivity index (χ0n) is 12.3. The number of aryl methyl sites for hydroxylation is 1. The number of carbonyl (C=O) groups excluding carboxylic acids is 1. The summed E-state index contributed by atoms with van der Waals surface area (Å²) < 4.78 is 13.3. The summed E-state index contributed by atoms with van der Waals surface area (Å²) in [6.45, 7) is 8.19. The van der Waals surface area contributed by atoms with Gasteiger partial charge in [0, 0.05) is 11.1 Å². The van der Waals surface area contributed by atoms with Crippen LogP contribution in [0, 0.1) is 12.7 Å². The lowest BCUT2D eigenvalue weighted by molar-refractivity contribution is 0.103. The zero-order chi connectivity index (χ0) is 14.9. The highest BCUT2D eigenvalue weighted by molar-refractivity contribution is 6.09. The third-order valence-electron chi connectivity index (χ3n) is 3.46. The van der Waals surface area contributed by atoms with Crippen LogP contribution in [0.2, 0.25) is 0 Å². The highest BCUT2D eigenvalue weighted by atomic mass is 19.1. The number of rotatable bonds is 2. The summed E-state index contributed by atoms with van der Waals surface area (Å²) in [5.41, 5.74) is 3.03. The molecule has 2 heteroatoms. The van der Waals surface area contributed by atoms with Crippen molar-refractivity contribution in [1.29, 1.82) is 0 Å². The Balaban J connectivity index is 2.37. The SMILES string of the molecule is Cc1ccc(F)cc1C(=O)c1ccc(C(C)(C)C)cc1. The van der Waals surface area contributed by atoms with Crippen LogP contribution in [0.5, 0.6) is 0 Å². The Hall–Kier alpha value is -1.96. The molecule has 1 nitrogen and oxygen atoms in total. The fourth-order valence-electron chi connectivity index (χ4n) is 2.12. The van der Waals surface area contributed by atoms with Crippen molar-refractivity contribution in [2.24, 2.45) is 0 Å². The van der Waals surface area contributed by atoms with Gasteiger partial charge < -0.3 is 0 Å². The van der Waals surface area contributed by atoms with Gasteiger partial charge in [-0.2, -0.15) is 0 Å². The molecule has 0 aliphatic heterocycles. The molecule has 2 aromatic carbocycles. The lowest BCUT2D eigenvalue weighted by atomic mass is 9.86. The number of halogens is 1. The summed E-state index contributed by atoms with van der Waals surface area (Å²) in [4.78, 5) is 12.4. The molecular formula is C18H19FO. The van der Waals surface area contributed by atoms with Crippen LogP contribution in [0.25, 0.3) is 0 Å². The fourth-order valence-corrected chi connectivity index (χ4v) is 2.12. The second kappa shape index (κ2) is 5.20. The van der Waals surface area contributed by atoms with Gasteiger partial charge in [-0.15, -0.1) is 0 Å². The summed E-state index contributed by atoms with van der Waals surface area (Å²) >= 11 is 0. The Labute approximate surface area is 119 Å². The van der Waals surface area contributed by atoms with E-state index in [1.807, 2.05) is 31.2 Å². The summed E-state index contributed by atoms with van der Waals surface area (Å²) in [5.74, 6) is -0.521. The monoisotopic (exact) mass is 270 g/mol. The van der Waals surface area contributed by atoms with Crippen LogP contribution in [-0.2, 0) is 5.41 Å². The third-order valence-corrected chi connectivity index (χ3v) is 3.46. The summed E-state index contributed by atoms with van der Waals surface area (Å²) in [6, 6.07) is 11.8. The van der Waals surface area contributed by atoms with Crippen LogP contribution in [0.1, 0.15) is 47.8 Å². The lowest BCUT2D eigenvalue weighted by Crippen LogP contribution is -2.11. The summed E-state index contributed by atoms with van der Waals surface area (Å²) in [6.07, 6.45) is 0. The Morgan fingerprint density at radius 1 is 1.00 bits per heavy atom. The molecular weight excluding hydrogens is 251 g/mol. The molecule has 0 saturated heterocycles. The molecule has 104 valence electrons. The average Bonchev–Trinajstić information content (AvgIpc) is 2.40. The van der Waals surface area contributed by atoms with Crippen molar-refractivity contribution in [3.05, 3.63) is 70.5 Å². The number of hydrogen-bond donors (Lipinski definition) is 0. The van der Waals surface area contributed by atoms with Gasteiger partial charge >= 0.3 is 0 Å². The van der Waals surface area contributed by atoms with E-state index in [-0.39, 0.29) is 17.0 Å². The van der Waals surface area contributed by atoms with E-state index >= 15 is 0 Å². The molecule has 0 aliphatic rings. The van der Waals surface area contributed by atoms with Gasteiger partial charge in [-0.05, 0) is 35.6 Å². The van der Waals surface area contributed by atoms with E-state index in [0.717, 1.165) is 5.56 Å². The van der Waals surface area contributed by atoms with E-state index < -0.39 is 0 Å². The van der Waals surface area contributed by atoms with Crippen LogP contribution in [0.3, 0.4) is 0 Å². The molecule has 0 amide bonds. The largest absolute Gasteiger partial charge is 0.289 e. The normalized spacial score (nSPS) is 11.4.